The third kappa shape index (κ3) is 2.16. The standard InChI is InChI=1S/C12H14N2O2/c1-8-7-11(14-12(15)13-8)9-3-5-10(16-2)6-4-9/h3-7,11H,1-2H3,(H2,13,14,15). The summed E-state index contributed by atoms with van der Waals surface area (Å²) < 4.78 is 5.08. The fourth-order valence-corrected chi connectivity index (χ4v) is 1.68. The first kappa shape index (κ1) is 10.5. The van der Waals surface area contributed by atoms with E-state index in [2.05, 4.69) is 10.6 Å². The molecule has 0 spiro atoms. The number of methoxy groups -OCH3 is 1. The first-order chi connectivity index (χ1) is 7.69. The first-order valence-electron chi connectivity index (χ1n) is 5.09. The predicted octanol–water partition coefficient (Wildman–Crippen LogP) is 1.95. The van der Waals surface area contributed by atoms with Crippen molar-refractivity contribution in [2.45, 2.75) is 13.0 Å². The summed E-state index contributed by atoms with van der Waals surface area (Å²) in [5, 5.41) is 5.52. The van der Waals surface area contributed by atoms with E-state index in [9.17, 15) is 4.79 Å². The van der Waals surface area contributed by atoms with E-state index in [4.69, 9.17) is 4.74 Å². The van der Waals surface area contributed by atoms with Gasteiger partial charge in [-0.05, 0) is 30.7 Å². The lowest BCUT2D eigenvalue weighted by Crippen LogP contribution is -2.40. The Balaban J connectivity index is 2.23. The molecule has 1 heterocycles. The molecule has 1 aromatic rings. The minimum atomic E-state index is -0.166. The van der Waals surface area contributed by atoms with Gasteiger partial charge in [-0.1, -0.05) is 12.1 Å². The van der Waals surface area contributed by atoms with E-state index in [0.717, 1.165) is 17.0 Å². The molecule has 0 aliphatic carbocycles. The van der Waals surface area contributed by atoms with Gasteiger partial charge in [0.15, 0.2) is 0 Å². The van der Waals surface area contributed by atoms with Gasteiger partial charge in [-0.15, -0.1) is 0 Å². The van der Waals surface area contributed by atoms with Crippen LogP contribution in [0.2, 0.25) is 0 Å². The van der Waals surface area contributed by atoms with Crippen LogP contribution < -0.4 is 15.4 Å². The SMILES string of the molecule is COc1ccc(C2C=C(C)NC(=O)N2)cc1. The van der Waals surface area contributed by atoms with Crippen molar-refractivity contribution in [3.05, 3.63) is 41.6 Å². The maximum absolute atomic E-state index is 11.3. The van der Waals surface area contributed by atoms with Crippen molar-refractivity contribution >= 4 is 6.03 Å². The molecule has 0 bridgehead atoms. The van der Waals surface area contributed by atoms with Gasteiger partial charge in [-0.25, -0.2) is 4.79 Å². The van der Waals surface area contributed by atoms with E-state index in [0.29, 0.717) is 0 Å². The Morgan fingerprint density at radius 2 is 1.94 bits per heavy atom. The van der Waals surface area contributed by atoms with Crippen LogP contribution in [0.1, 0.15) is 18.5 Å². The summed E-state index contributed by atoms with van der Waals surface area (Å²) in [5.74, 6) is 0.810. The second-order valence-electron chi connectivity index (χ2n) is 3.70. The van der Waals surface area contributed by atoms with E-state index < -0.39 is 0 Å². The van der Waals surface area contributed by atoms with Gasteiger partial charge in [0.05, 0.1) is 13.2 Å². The number of nitrogens with one attached hydrogen (secondary N) is 2. The largest absolute Gasteiger partial charge is 0.497 e. The lowest BCUT2D eigenvalue weighted by Gasteiger charge is -2.22. The average Bonchev–Trinajstić information content (AvgIpc) is 2.28. The van der Waals surface area contributed by atoms with Gasteiger partial charge in [0, 0.05) is 5.70 Å². The van der Waals surface area contributed by atoms with Gasteiger partial charge in [-0.2, -0.15) is 0 Å². The third-order valence-electron chi connectivity index (χ3n) is 2.49. The van der Waals surface area contributed by atoms with E-state index in [1.807, 2.05) is 37.3 Å². The molecule has 1 aliphatic heterocycles. The van der Waals surface area contributed by atoms with Gasteiger partial charge >= 0.3 is 6.03 Å². The molecule has 0 radical (unpaired) electrons. The predicted molar refractivity (Wildman–Crippen MR) is 61.2 cm³/mol. The van der Waals surface area contributed by atoms with Crippen LogP contribution >= 0.6 is 0 Å². The lowest BCUT2D eigenvalue weighted by molar-refractivity contribution is 0.239. The second kappa shape index (κ2) is 4.26. The van der Waals surface area contributed by atoms with E-state index in [1.54, 1.807) is 7.11 Å². The molecule has 1 atom stereocenters. The highest BCUT2D eigenvalue weighted by Crippen LogP contribution is 2.20. The topological polar surface area (TPSA) is 50.4 Å². The summed E-state index contributed by atoms with van der Waals surface area (Å²) in [6.07, 6.45) is 1.98. The molecule has 1 aliphatic rings. The van der Waals surface area contributed by atoms with Crippen LogP contribution in [0.25, 0.3) is 0 Å². The van der Waals surface area contributed by atoms with Crippen molar-refractivity contribution in [1.29, 1.82) is 0 Å². The summed E-state index contributed by atoms with van der Waals surface area (Å²) in [6, 6.07) is 7.41. The molecule has 4 heteroatoms. The van der Waals surface area contributed by atoms with Crippen molar-refractivity contribution in [2.24, 2.45) is 0 Å². The van der Waals surface area contributed by atoms with E-state index in [1.165, 1.54) is 0 Å². The summed E-state index contributed by atoms with van der Waals surface area (Å²) in [6.45, 7) is 1.87. The number of allylic oxidation sites excluding steroid dienone is 1. The first-order valence-corrected chi connectivity index (χ1v) is 5.09. The lowest BCUT2D eigenvalue weighted by atomic mass is 10.0. The average molecular weight is 218 g/mol. The fourth-order valence-electron chi connectivity index (χ4n) is 1.68. The summed E-state index contributed by atoms with van der Waals surface area (Å²) in [4.78, 5) is 11.3. The number of hydrogen-bond donors (Lipinski definition) is 2. The van der Waals surface area contributed by atoms with Crippen LogP contribution in [-0.4, -0.2) is 13.1 Å². The van der Waals surface area contributed by atoms with Crippen LogP contribution in [0.3, 0.4) is 0 Å². The van der Waals surface area contributed by atoms with E-state index in [-0.39, 0.29) is 12.1 Å². The van der Waals surface area contributed by atoms with Crippen LogP contribution in [0.4, 0.5) is 4.79 Å². The highest BCUT2D eigenvalue weighted by Gasteiger charge is 2.17. The molecule has 0 saturated heterocycles. The molecular formula is C12H14N2O2. The van der Waals surface area contributed by atoms with Gasteiger partial charge in [0.25, 0.3) is 0 Å². The van der Waals surface area contributed by atoms with Crippen LogP contribution in [0, 0.1) is 0 Å². The zero-order valence-corrected chi connectivity index (χ0v) is 9.28. The zero-order chi connectivity index (χ0) is 11.5. The number of urea groups is 1. The van der Waals surface area contributed by atoms with Crippen molar-refractivity contribution in [3.63, 3.8) is 0 Å². The highest BCUT2D eigenvalue weighted by atomic mass is 16.5. The maximum Gasteiger partial charge on any atom is 0.319 e. The number of carbonyl (C=O) groups excluding carboxylic acids is 1. The summed E-state index contributed by atoms with van der Waals surface area (Å²) in [5.41, 5.74) is 1.90. The minimum absolute atomic E-state index is 0.0698. The zero-order valence-electron chi connectivity index (χ0n) is 9.28. The molecule has 0 aromatic heterocycles. The molecule has 0 saturated carbocycles. The number of ether oxygens (including phenoxy) is 1. The van der Waals surface area contributed by atoms with Crippen LogP contribution in [0.15, 0.2) is 36.0 Å². The van der Waals surface area contributed by atoms with Gasteiger partial charge in [0.1, 0.15) is 5.75 Å². The fraction of sp³-hybridized carbons (Fsp3) is 0.250. The molecule has 16 heavy (non-hydrogen) atoms. The molecule has 2 N–H and O–H groups in total. The van der Waals surface area contributed by atoms with Crippen molar-refractivity contribution in [1.82, 2.24) is 10.6 Å². The number of hydrogen-bond acceptors (Lipinski definition) is 2. The molecular weight excluding hydrogens is 204 g/mol. The Morgan fingerprint density at radius 3 is 2.50 bits per heavy atom. The molecule has 2 amide bonds. The molecule has 0 fully saturated rings. The number of amides is 2. The number of benzene rings is 1. The van der Waals surface area contributed by atoms with Crippen molar-refractivity contribution < 1.29 is 9.53 Å². The second-order valence-corrected chi connectivity index (χ2v) is 3.70. The molecule has 1 unspecified atom stereocenters. The van der Waals surface area contributed by atoms with Crippen molar-refractivity contribution in [2.75, 3.05) is 7.11 Å². The van der Waals surface area contributed by atoms with Gasteiger partial charge < -0.3 is 15.4 Å². The van der Waals surface area contributed by atoms with Crippen LogP contribution in [0.5, 0.6) is 5.75 Å². The molecule has 4 nitrogen and oxygen atoms in total. The van der Waals surface area contributed by atoms with Crippen molar-refractivity contribution in [3.8, 4) is 5.75 Å². The number of carbonyl (C=O) groups is 1. The Hall–Kier alpha value is -1.97. The minimum Gasteiger partial charge on any atom is -0.497 e. The monoisotopic (exact) mass is 218 g/mol. The smallest absolute Gasteiger partial charge is 0.319 e. The highest BCUT2D eigenvalue weighted by molar-refractivity contribution is 5.78. The molecule has 2 rings (SSSR count). The Kier molecular flexibility index (Phi) is 2.81. The van der Waals surface area contributed by atoms with Gasteiger partial charge in [0.2, 0.25) is 0 Å². The quantitative estimate of drug-likeness (QED) is 0.797. The summed E-state index contributed by atoms with van der Waals surface area (Å²) >= 11 is 0. The molecule has 1 aromatic carbocycles. The van der Waals surface area contributed by atoms with E-state index >= 15 is 0 Å². The van der Waals surface area contributed by atoms with Gasteiger partial charge in [-0.3, -0.25) is 0 Å². The Labute approximate surface area is 94.3 Å². The maximum atomic E-state index is 11.3. The molecule has 84 valence electrons. The Bertz CT molecular complexity index is 423. The number of rotatable bonds is 2. The van der Waals surface area contributed by atoms with Crippen LogP contribution in [-0.2, 0) is 0 Å². The summed E-state index contributed by atoms with van der Waals surface area (Å²) in [7, 11) is 1.63. The Morgan fingerprint density at radius 1 is 1.25 bits per heavy atom. The normalized spacial score (nSPS) is 19.5. The third-order valence-corrected chi connectivity index (χ3v) is 2.49.